The summed E-state index contributed by atoms with van der Waals surface area (Å²) in [5, 5.41) is 9.49. The summed E-state index contributed by atoms with van der Waals surface area (Å²) in [4.78, 5) is 40.2. The lowest BCUT2D eigenvalue weighted by Crippen LogP contribution is -2.32. The number of alkyl carbamates (subject to hydrolysis) is 1. The first-order valence-electron chi connectivity index (χ1n) is 16.2. The molecule has 0 aliphatic heterocycles. The number of benzene rings is 1. The van der Waals surface area contributed by atoms with Crippen molar-refractivity contribution in [3.8, 4) is 5.75 Å². The second kappa shape index (κ2) is 23.3. The van der Waals surface area contributed by atoms with Gasteiger partial charge >= 0.3 is 12.1 Å². The summed E-state index contributed by atoms with van der Waals surface area (Å²) < 4.78 is 22.7. The first-order valence-corrected chi connectivity index (χ1v) is 17.0. The van der Waals surface area contributed by atoms with Crippen molar-refractivity contribution in [1.29, 1.82) is 0 Å². The molecule has 0 radical (unpaired) electrons. The Bertz CT molecular complexity index is 1270. The topological polar surface area (TPSA) is 142 Å². The standard InChI is InChI=1S/C27H39Cl2N5O7.C4H8.C2H6/c1-5-39-23(35)18-34-22(29)17-32-24(25(34)36)31-11-10-30-9-6-12-38-13-14-40-21-8-7-20(28)15-19(21)16-33-26(37)41-27(2,3)4;1-4-2-3-4;1-2/h7-8,15,17,30H,5-6,9-14,16,18H2,1-4H3,(H,31,32)(H,33,37);4H,2-3H2,1H3;1-2H3. The fraction of sp³-hybridized carbons (Fsp3) is 0.636. The Morgan fingerprint density at radius 3 is 2.40 bits per heavy atom. The van der Waals surface area contributed by atoms with Crippen molar-refractivity contribution < 1.29 is 28.5 Å². The number of rotatable bonds is 17. The second-order valence-corrected chi connectivity index (χ2v) is 12.2. The van der Waals surface area contributed by atoms with Crippen LogP contribution in [-0.4, -0.2) is 73.3 Å². The van der Waals surface area contributed by atoms with Gasteiger partial charge in [-0.25, -0.2) is 9.78 Å². The first kappa shape index (κ1) is 42.0. The van der Waals surface area contributed by atoms with Crippen molar-refractivity contribution in [2.24, 2.45) is 5.92 Å². The van der Waals surface area contributed by atoms with E-state index >= 15 is 0 Å². The van der Waals surface area contributed by atoms with Gasteiger partial charge in [0.2, 0.25) is 0 Å². The Labute approximate surface area is 289 Å². The van der Waals surface area contributed by atoms with E-state index in [2.05, 4.69) is 27.9 Å². The number of nitrogens with zero attached hydrogens (tertiary/aromatic N) is 2. The van der Waals surface area contributed by atoms with Gasteiger partial charge in [0.05, 0.1) is 19.4 Å². The van der Waals surface area contributed by atoms with Gasteiger partial charge in [0, 0.05) is 36.8 Å². The summed E-state index contributed by atoms with van der Waals surface area (Å²) in [5.41, 5.74) is -0.353. The quantitative estimate of drug-likeness (QED) is 0.131. The molecule has 0 atom stereocenters. The number of carbonyl (C=O) groups is 2. The molecule has 0 spiro atoms. The van der Waals surface area contributed by atoms with Crippen molar-refractivity contribution in [1.82, 2.24) is 20.2 Å². The van der Waals surface area contributed by atoms with Crippen LogP contribution in [0.25, 0.3) is 0 Å². The maximum absolute atomic E-state index is 12.5. The number of hydrogen-bond donors (Lipinski definition) is 3. The third kappa shape index (κ3) is 19.4. The van der Waals surface area contributed by atoms with Crippen LogP contribution >= 0.6 is 23.2 Å². The van der Waals surface area contributed by atoms with Crippen LogP contribution in [0.2, 0.25) is 10.2 Å². The highest BCUT2D eigenvalue weighted by molar-refractivity contribution is 6.30. The average Bonchev–Trinajstić information content (AvgIpc) is 3.81. The largest absolute Gasteiger partial charge is 0.491 e. The number of nitrogens with one attached hydrogen (secondary N) is 3. The molecular formula is C33H53Cl2N5O7. The van der Waals surface area contributed by atoms with Crippen LogP contribution < -0.4 is 26.2 Å². The zero-order valence-electron chi connectivity index (χ0n) is 28.9. The summed E-state index contributed by atoms with van der Waals surface area (Å²) in [6.45, 7) is 16.5. The van der Waals surface area contributed by atoms with E-state index in [1.165, 1.54) is 19.0 Å². The Balaban J connectivity index is 0.00000167. The van der Waals surface area contributed by atoms with Crippen LogP contribution in [0.4, 0.5) is 10.6 Å². The molecule has 1 saturated carbocycles. The molecule has 1 fully saturated rings. The number of esters is 1. The maximum atomic E-state index is 12.5. The van der Waals surface area contributed by atoms with E-state index in [9.17, 15) is 14.4 Å². The summed E-state index contributed by atoms with van der Waals surface area (Å²) in [6.07, 6.45) is 4.54. The van der Waals surface area contributed by atoms with Crippen LogP contribution in [0.1, 0.15) is 73.3 Å². The van der Waals surface area contributed by atoms with Crippen molar-refractivity contribution in [3.63, 3.8) is 0 Å². The number of halogens is 2. The number of carbonyl (C=O) groups excluding carboxylic acids is 2. The van der Waals surface area contributed by atoms with Gasteiger partial charge < -0.3 is 34.9 Å². The molecule has 3 N–H and O–H groups in total. The van der Waals surface area contributed by atoms with Gasteiger partial charge in [-0.3, -0.25) is 14.2 Å². The van der Waals surface area contributed by atoms with E-state index in [1.54, 1.807) is 45.9 Å². The first-order chi connectivity index (χ1) is 22.4. The smallest absolute Gasteiger partial charge is 0.407 e. The molecule has 0 unspecified atom stereocenters. The number of hydrogen-bond acceptors (Lipinski definition) is 10. The highest BCUT2D eigenvalue weighted by Crippen LogP contribution is 2.26. The minimum absolute atomic E-state index is 0.0564. The van der Waals surface area contributed by atoms with Gasteiger partial charge in [0.25, 0.3) is 5.56 Å². The molecule has 1 amide bonds. The molecule has 2 aromatic rings. The minimum Gasteiger partial charge on any atom is -0.491 e. The van der Waals surface area contributed by atoms with E-state index in [0.717, 1.165) is 22.5 Å². The molecular weight excluding hydrogens is 649 g/mol. The van der Waals surface area contributed by atoms with Gasteiger partial charge in [-0.2, -0.15) is 0 Å². The molecule has 0 bridgehead atoms. The number of anilines is 1. The molecule has 1 aromatic carbocycles. The van der Waals surface area contributed by atoms with Crippen LogP contribution in [0.3, 0.4) is 0 Å². The average molecular weight is 703 g/mol. The van der Waals surface area contributed by atoms with Gasteiger partial charge in [-0.05, 0) is 64.8 Å². The normalized spacial score (nSPS) is 12.1. The van der Waals surface area contributed by atoms with Gasteiger partial charge in [-0.15, -0.1) is 0 Å². The van der Waals surface area contributed by atoms with E-state index in [4.69, 9.17) is 42.1 Å². The van der Waals surface area contributed by atoms with Crippen molar-refractivity contribution in [2.75, 3.05) is 51.4 Å². The number of amides is 1. The molecule has 1 aliphatic carbocycles. The molecule has 3 rings (SSSR count). The summed E-state index contributed by atoms with van der Waals surface area (Å²) in [7, 11) is 0. The Morgan fingerprint density at radius 1 is 1.06 bits per heavy atom. The van der Waals surface area contributed by atoms with Gasteiger partial charge in [-0.1, -0.05) is 56.8 Å². The lowest BCUT2D eigenvalue weighted by atomic mass is 10.2. The third-order valence-electron chi connectivity index (χ3n) is 6.03. The molecule has 1 aromatic heterocycles. The molecule has 1 aliphatic rings. The third-order valence-corrected chi connectivity index (χ3v) is 6.57. The van der Waals surface area contributed by atoms with Crippen LogP contribution in [0.5, 0.6) is 5.75 Å². The SMILES string of the molecule is CC.CC1CC1.CCOC(=O)Cn1c(Cl)cnc(NCCNCCCOCCOc2ccc(Cl)cc2CNC(=O)OC(C)(C)C)c1=O. The van der Waals surface area contributed by atoms with Crippen molar-refractivity contribution in [2.45, 2.75) is 86.4 Å². The highest BCUT2D eigenvalue weighted by Gasteiger charge is 2.17. The lowest BCUT2D eigenvalue weighted by molar-refractivity contribution is -0.143. The van der Waals surface area contributed by atoms with Crippen LogP contribution in [0, 0.1) is 5.92 Å². The zero-order valence-corrected chi connectivity index (χ0v) is 30.4. The predicted molar refractivity (Wildman–Crippen MR) is 187 cm³/mol. The molecule has 0 saturated heterocycles. The van der Waals surface area contributed by atoms with Gasteiger partial charge in [0.15, 0.2) is 5.82 Å². The Morgan fingerprint density at radius 2 is 1.77 bits per heavy atom. The molecule has 14 heteroatoms. The van der Waals surface area contributed by atoms with E-state index in [0.29, 0.717) is 50.2 Å². The summed E-state index contributed by atoms with van der Waals surface area (Å²) in [5.74, 6) is 1.24. The van der Waals surface area contributed by atoms with Crippen LogP contribution in [-0.2, 0) is 32.1 Å². The van der Waals surface area contributed by atoms with Crippen molar-refractivity contribution in [3.05, 3.63) is 50.5 Å². The molecule has 47 heavy (non-hydrogen) atoms. The lowest BCUT2D eigenvalue weighted by Gasteiger charge is -2.20. The zero-order chi connectivity index (χ0) is 35.2. The monoisotopic (exact) mass is 701 g/mol. The Hall–Kier alpha value is -3.06. The number of ether oxygens (including phenoxy) is 4. The fourth-order valence-electron chi connectivity index (χ4n) is 3.55. The van der Waals surface area contributed by atoms with E-state index < -0.39 is 23.2 Å². The van der Waals surface area contributed by atoms with E-state index in [1.807, 2.05) is 13.8 Å². The fourth-order valence-corrected chi connectivity index (χ4v) is 3.93. The molecule has 1 heterocycles. The summed E-state index contributed by atoms with van der Waals surface area (Å²) in [6, 6.07) is 5.21. The molecule has 266 valence electrons. The molecule has 12 nitrogen and oxygen atoms in total. The maximum Gasteiger partial charge on any atom is 0.407 e. The predicted octanol–water partition coefficient (Wildman–Crippen LogP) is 6.07. The Kier molecular flexibility index (Phi) is 20.8. The second-order valence-electron chi connectivity index (χ2n) is 11.4. The van der Waals surface area contributed by atoms with E-state index in [-0.39, 0.29) is 30.7 Å². The van der Waals surface area contributed by atoms with Gasteiger partial charge in [0.1, 0.15) is 29.7 Å². The highest BCUT2D eigenvalue weighted by atomic mass is 35.5. The number of aromatic nitrogens is 2. The summed E-state index contributed by atoms with van der Waals surface area (Å²) >= 11 is 12.1. The van der Waals surface area contributed by atoms with Crippen molar-refractivity contribution >= 4 is 41.1 Å². The van der Waals surface area contributed by atoms with Crippen LogP contribution in [0.15, 0.2) is 29.2 Å². The minimum atomic E-state index is -0.588.